The van der Waals surface area contributed by atoms with Gasteiger partial charge in [0.2, 0.25) is 5.91 Å². The van der Waals surface area contributed by atoms with Gasteiger partial charge in [-0.15, -0.1) is 0 Å². The lowest BCUT2D eigenvalue weighted by molar-refractivity contribution is -0.116. The summed E-state index contributed by atoms with van der Waals surface area (Å²) in [7, 11) is 1.50. The van der Waals surface area contributed by atoms with E-state index in [4.69, 9.17) is 9.15 Å². The number of nitrogens with zero attached hydrogens (tertiary/aromatic N) is 2. The van der Waals surface area contributed by atoms with Crippen molar-refractivity contribution in [3.63, 3.8) is 0 Å². The fourth-order valence-electron chi connectivity index (χ4n) is 3.16. The van der Waals surface area contributed by atoms with Crippen LogP contribution in [-0.4, -0.2) is 27.9 Å². The van der Waals surface area contributed by atoms with Crippen LogP contribution in [0.2, 0.25) is 0 Å². The first-order valence-corrected chi connectivity index (χ1v) is 7.90. The Kier molecular flexibility index (Phi) is 3.68. The molecule has 0 bridgehead atoms. The van der Waals surface area contributed by atoms with E-state index in [0.717, 1.165) is 16.9 Å². The van der Waals surface area contributed by atoms with Crippen molar-refractivity contribution in [1.82, 2.24) is 9.78 Å². The van der Waals surface area contributed by atoms with Crippen LogP contribution in [0.5, 0.6) is 11.5 Å². The van der Waals surface area contributed by atoms with Crippen LogP contribution in [0.3, 0.4) is 0 Å². The number of carbonyl (C=O) groups is 1. The number of phenols is 1. The third-order valence-corrected chi connectivity index (χ3v) is 4.38. The standard InChI is InChI=1S/C18H17N3O4/c1-24-16-5-4-11(7-15(16)22)13-8-17(23)20-18-14(13)9-19-21(18)10-12-3-2-6-25-12/h2-7,9,13,22H,8,10H2,1H3,(H,20,23)/t13-/m1/s1. The summed E-state index contributed by atoms with van der Waals surface area (Å²) in [5.41, 5.74) is 1.75. The highest BCUT2D eigenvalue weighted by molar-refractivity contribution is 5.94. The third-order valence-electron chi connectivity index (χ3n) is 4.38. The zero-order valence-electron chi connectivity index (χ0n) is 13.6. The number of carbonyl (C=O) groups excluding carboxylic acids is 1. The number of aromatic nitrogens is 2. The van der Waals surface area contributed by atoms with Crippen molar-refractivity contribution >= 4 is 11.7 Å². The maximum absolute atomic E-state index is 12.2. The van der Waals surface area contributed by atoms with Gasteiger partial charge in [-0.05, 0) is 29.8 Å². The Balaban J connectivity index is 1.71. The molecule has 0 spiro atoms. The van der Waals surface area contributed by atoms with Crippen LogP contribution in [0.25, 0.3) is 0 Å². The van der Waals surface area contributed by atoms with Crippen molar-refractivity contribution in [2.24, 2.45) is 0 Å². The van der Waals surface area contributed by atoms with Crippen molar-refractivity contribution < 1.29 is 19.1 Å². The van der Waals surface area contributed by atoms with Gasteiger partial charge in [-0.25, -0.2) is 4.68 Å². The van der Waals surface area contributed by atoms with Crippen LogP contribution >= 0.6 is 0 Å². The highest BCUT2D eigenvalue weighted by atomic mass is 16.5. The van der Waals surface area contributed by atoms with Gasteiger partial charge in [-0.1, -0.05) is 6.07 Å². The number of nitrogens with one attached hydrogen (secondary N) is 1. The molecule has 0 saturated heterocycles. The largest absolute Gasteiger partial charge is 0.504 e. The Hall–Kier alpha value is -3.22. The first-order chi connectivity index (χ1) is 12.2. The SMILES string of the molecule is COc1ccc([C@H]2CC(=O)Nc3c2cnn3Cc2ccco2)cc1O. The molecule has 7 nitrogen and oxygen atoms in total. The molecule has 7 heteroatoms. The second-order valence-electron chi connectivity index (χ2n) is 5.92. The summed E-state index contributed by atoms with van der Waals surface area (Å²) in [5.74, 6) is 1.60. The minimum atomic E-state index is -0.175. The number of rotatable bonds is 4. The number of methoxy groups -OCH3 is 1. The number of anilines is 1. The molecule has 3 aromatic rings. The Morgan fingerprint density at radius 3 is 3.04 bits per heavy atom. The van der Waals surface area contributed by atoms with E-state index in [-0.39, 0.29) is 17.6 Å². The van der Waals surface area contributed by atoms with Gasteiger partial charge in [-0.2, -0.15) is 5.10 Å². The minimum Gasteiger partial charge on any atom is -0.504 e. The molecule has 2 N–H and O–H groups in total. The molecule has 4 rings (SSSR count). The van der Waals surface area contributed by atoms with Gasteiger partial charge in [0.15, 0.2) is 11.5 Å². The molecule has 2 aromatic heterocycles. The van der Waals surface area contributed by atoms with Crippen molar-refractivity contribution in [1.29, 1.82) is 0 Å². The summed E-state index contributed by atoms with van der Waals surface area (Å²) >= 11 is 0. The quantitative estimate of drug-likeness (QED) is 0.763. The molecule has 1 aliphatic rings. The Labute approximate surface area is 143 Å². The number of hydrogen-bond donors (Lipinski definition) is 2. The van der Waals surface area contributed by atoms with Crippen molar-refractivity contribution in [3.8, 4) is 11.5 Å². The highest BCUT2D eigenvalue weighted by Crippen LogP contribution is 2.39. The van der Waals surface area contributed by atoms with Gasteiger partial charge < -0.3 is 19.6 Å². The summed E-state index contributed by atoms with van der Waals surface area (Å²) in [6.45, 7) is 0.434. The molecular weight excluding hydrogens is 322 g/mol. The molecule has 128 valence electrons. The average molecular weight is 339 g/mol. The Bertz CT molecular complexity index is 915. The zero-order chi connectivity index (χ0) is 17.4. The summed E-state index contributed by atoms with van der Waals surface area (Å²) < 4.78 is 12.2. The topological polar surface area (TPSA) is 89.5 Å². The van der Waals surface area contributed by atoms with Crippen LogP contribution in [0.4, 0.5) is 5.82 Å². The zero-order valence-corrected chi connectivity index (χ0v) is 13.6. The fraction of sp³-hybridized carbons (Fsp3) is 0.222. The number of aromatic hydroxyl groups is 1. The maximum Gasteiger partial charge on any atom is 0.226 e. The van der Waals surface area contributed by atoms with Gasteiger partial charge in [0, 0.05) is 17.9 Å². The molecular formula is C18H17N3O4. The van der Waals surface area contributed by atoms with E-state index in [1.54, 1.807) is 29.3 Å². The van der Waals surface area contributed by atoms with Gasteiger partial charge >= 0.3 is 0 Å². The number of amides is 1. The third kappa shape index (κ3) is 2.73. The minimum absolute atomic E-state index is 0.0514. The fourth-order valence-corrected chi connectivity index (χ4v) is 3.16. The smallest absolute Gasteiger partial charge is 0.226 e. The summed E-state index contributed by atoms with van der Waals surface area (Å²) in [6.07, 6.45) is 3.65. The normalized spacial score (nSPS) is 16.4. The van der Waals surface area contributed by atoms with Gasteiger partial charge in [0.05, 0.1) is 19.6 Å². The number of fused-ring (bicyclic) bond motifs is 1. The summed E-state index contributed by atoms with van der Waals surface area (Å²) in [5, 5.41) is 17.3. The highest BCUT2D eigenvalue weighted by Gasteiger charge is 2.30. The molecule has 0 fully saturated rings. The molecule has 0 saturated carbocycles. The van der Waals surface area contributed by atoms with Gasteiger partial charge in [-0.3, -0.25) is 4.79 Å². The number of furan rings is 1. The summed E-state index contributed by atoms with van der Waals surface area (Å²) in [6, 6.07) is 8.86. The number of ether oxygens (including phenoxy) is 1. The molecule has 3 heterocycles. The second kappa shape index (κ2) is 6.01. The second-order valence-corrected chi connectivity index (χ2v) is 5.92. The maximum atomic E-state index is 12.2. The summed E-state index contributed by atoms with van der Waals surface area (Å²) in [4.78, 5) is 12.2. The molecule has 1 amide bonds. The van der Waals surface area contributed by atoms with E-state index in [9.17, 15) is 9.90 Å². The van der Waals surface area contributed by atoms with Crippen molar-refractivity contribution in [2.45, 2.75) is 18.9 Å². The Morgan fingerprint density at radius 1 is 1.44 bits per heavy atom. The van der Waals surface area contributed by atoms with E-state index >= 15 is 0 Å². The Morgan fingerprint density at radius 2 is 2.32 bits per heavy atom. The molecule has 1 aliphatic heterocycles. The van der Waals surface area contributed by atoms with Crippen LogP contribution in [0.1, 0.15) is 29.2 Å². The first kappa shape index (κ1) is 15.3. The predicted octanol–water partition coefficient (Wildman–Crippen LogP) is 2.71. The number of phenolic OH excluding ortho intramolecular Hbond substituents is 1. The lowest BCUT2D eigenvalue weighted by atomic mass is 9.87. The molecule has 0 radical (unpaired) electrons. The first-order valence-electron chi connectivity index (χ1n) is 7.90. The number of benzene rings is 1. The van der Waals surface area contributed by atoms with Crippen molar-refractivity contribution in [2.75, 3.05) is 12.4 Å². The van der Waals surface area contributed by atoms with Crippen molar-refractivity contribution in [3.05, 3.63) is 59.7 Å². The lowest BCUT2D eigenvalue weighted by Crippen LogP contribution is -2.25. The molecule has 1 aromatic carbocycles. The van der Waals surface area contributed by atoms with Crippen LogP contribution < -0.4 is 10.1 Å². The molecule has 0 aliphatic carbocycles. The van der Waals surface area contributed by atoms with Crippen LogP contribution in [-0.2, 0) is 11.3 Å². The van der Waals surface area contributed by atoms with Crippen LogP contribution in [0, 0.1) is 0 Å². The van der Waals surface area contributed by atoms with E-state index < -0.39 is 0 Å². The van der Waals surface area contributed by atoms with Crippen LogP contribution in [0.15, 0.2) is 47.2 Å². The molecule has 0 unspecified atom stereocenters. The van der Waals surface area contributed by atoms with E-state index in [1.807, 2.05) is 18.2 Å². The van der Waals surface area contributed by atoms with Gasteiger partial charge in [0.1, 0.15) is 18.1 Å². The average Bonchev–Trinajstić information content (AvgIpc) is 3.25. The monoisotopic (exact) mass is 339 g/mol. The molecule has 25 heavy (non-hydrogen) atoms. The lowest BCUT2D eigenvalue weighted by Gasteiger charge is -2.24. The predicted molar refractivity (Wildman–Crippen MR) is 89.8 cm³/mol. The van der Waals surface area contributed by atoms with E-state index in [2.05, 4.69) is 10.4 Å². The van der Waals surface area contributed by atoms with Gasteiger partial charge in [0.25, 0.3) is 0 Å². The van der Waals surface area contributed by atoms with E-state index in [0.29, 0.717) is 24.5 Å². The molecule has 1 atom stereocenters. The van der Waals surface area contributed by atoms with E-state index in [1.165, 1.54) is 7.11 Å². The number of hydrogen-bond acceptors (Lipinski definition) is 5.